The largest absolute Gasteiger partial charge is 0.478 e. The number of rotatable bonds is 3. The third-order valence-corrected chi connectivity index (χ3v) is 4.06. The van der Waals surface area contributed by atoms with Crippen LogP contribution in [0.1, 0.15) is 54.9 Å². The fourth-order valence-electron chi connectivity index (χ4n) is 3.18. The molecule has 19 heavy (non-hydrogen) atoms. The van der Waals surface area contributed by atoms with Crippen molar-refractivity contribution < 1.29 is 9.90 Å². The van der Waals surface area contributed by atoms with Crippen molar-refractivity contribution in [3.63, 3.8) is 0 Å². The van der Waals surface area contributed by atoms with Crippen molar-refractivity contribution in [1.82, 2.24) is 4.98 Å². The summed E-state index contributed by atoms with van der Waals surface area (Å²) in [7, 11) is 0. The van der Waals surface area contributed by atoms with Gasteiger partial charge < -0.3 is 10.0 Å². The number of pyridine rings is 1. The number of nitrogens with zero attached hydrogens (tertiary/aromatic N) is 2. The van der Waals surface area contributed by atoms with E-state index in [9.17, 15) is 9.90 Å². The Labute approximate surface area is 114 Å². The Hall–Kier alpha value is -1.58. The molecule has 2 atom stereocenters. The van der Waals surface area contributed by atoms with Crippen LogP contribution in [0.5, 0.6) is 0 Å². The zero-order valence-electron chi connectivity index (χ0n) is 12.1. The van der Waals surface area contributed by atoms with Crippen LogP contribution in [0.2, 0.25) is 0 Å². The van der Waals surface area contributed by atoms with Gasteiger partial charge in [-0.25, -0.2) is 4.79 Å². The molecule has 0 saturated carbocycles. The predicted molar refractivity (Wildman–Crippen MR) is 75.9 cm³/mol. The minimum absolute atomic E-state index is 0.359. The Balaban J connectivity index is 2.57. The summed E-state index contributed by atoms with van der Waals surface area (Å²) in [6, 6.07) is 2.75. The molecular weight excluding hydrogens is 240 g/mol. The quantitative estimate of drug-likeness (QED) is 0.909. The number of carboxylic acids is 1. The van der Waals surface area contributed by atoms with Gasteiger partial charge >= 0.3 is 5.97 Å². The van der Waals surface area contributed by atoms with E-state index in [4.69, 9.17) is 0 Å². The van der Waals surface area contributed by atoms with Crippen LogP contribution >= 0.6 is 0 Å². The summed E-state index contributed by atoms with van der Waals surface area (Å²) >= 11 is 0. The SMILES string of the molecule is CCC1CCC(C)N1c1cc(C)nc(C)c1C(=O)O. The molecule has 2 heterocycles. The first-order valence-electron chi connectivity index (χ1n) is 6.95. The lowest BCUT2D eigenvalue weighted by atomic mass is 10.1. The highest BCUT2D eigenvalue weighted by Gasteiger charge is 2.32. The molecule has 2 rings (SSSR count). The van der Waals surface area contributed by atoms with Crippen molar-refractivity contribution in [1.29, 1.82) is 0 Å². The van der Waals surface area contributed by atoms with Crippen molar-refractivity contribution >= 4 is 11.7 Å². The normalized spacial score (nSPS) is 22.8. The van der Waals surface area contributed by atoms with Crippen LogP contribution in [0.3, 0.4) is 0 Å². The smallest absolute Gasteiger partial charge is 0.339 e. The second-order valence-corrected chi connectivity index (χ2v) is 5.44. The Morgan fingerprint density at radius 1 is 1.47 bits per heavy atom. The number of carboxylic acid groups (broad SMARTS) is 1. The van der Waals surface area contributed by atoms with Crippen molar-refractivity contribution in [3.8, 4) is 0 Å². The Kier molecular flexibility index (Phi) is 3.78. The zero-order chi connectivity index (χ0) is 14.2. The first kappa shape index (κ1) is 13.8. The second kappa shape index (κ2) is 5.19. The van der Waals surface area contributed by atoms with Crippen molar-refractivity contribution in [2.75, 3.05) is 4.90 Å². The number of anilines is 1. The Bertz CT molecular complexity index is 499. The monoisotopic (exact) mass is 262 g/mol. The molecule has 1 saturated heterocycles. The number of hydrogen-bond donors (Lipinski definition) is 1. The van der Waals surface area contributed by atoms with Gasteiger partial charge in [-0.3, -0.25) is 4.98 Å². The molecule has 1 aliphatic rings. The average molecular weight is 262 g/mol. The van der Waals surface area contributed by atoms with E-state index in [2.05, 4.69) is 23.7 Å². The summed E-state index contributed by atoms with van der Waals surface area (Å²) in [5.41, 5.74) is 2.69. The van der Waals surface area contributed by atoms with Gasteiger partial charge in [-0.1, -0.05) is 6.92 Å². The van der Waals surface area contributed by atoms with Crippen LogP contribution in [0.4, 0.5) is 5.69 Å². The molecule has 0 aromatic carbocycles. The number of aromatic nitrogens is 1. The molecule has 1 N–H and O–H groups in total. The molecular formula is C15H22N2O2. The van der Waals surface area contributed by atoms with Gasteiger partial charge in [0.1, 0.15) is 5.56 Å². The van der Waals surface area contributed by atoms with Gasteiger partial charge in [-0.05, 0) is 46.1 Å². The highest BCUT2D eigenvalue weighted by atomic mass is 16.4. The van der Waals surface area contributed by atoms with Crippen LogP contribution in [0.15, 0.2) is 6.07 Å². The average Bonchev–Trinajstić information content (AvgIpc) is 2.68. The number of carbonyl (C=O) groups is 1. The van der Waals surface area contributed by atoms with Gasteiger partial charge in [0.25, 0.3) is 0 Å². The predicted octanol–water partition coefficient (Wildman–Crippen LogP) is 3.16. The van der Waals surface area contributed by atoms with Crippen molar-refractivity contribution in [2.24, 2.45) is 0 Å². The minimum atomic E-state index is -0.881. The van der Waals surface area contributed by atoms with E-state index in [1.54, 1.807) is 6.92 Å². The molecule has 0 spiro atoms. The summed E-state index contributed by atoms with van der Waals surface area (Å²) in [5.74, 6) is -0.881. The van der Waals surface area contributed by atoms with Gasteiger partial charge in [0.2, 0.25) is 0 Å². The number of aromatic carboxylic acids is 1. The fraction of sp³-hybridized carbons (Fsp3) is 0.600. The lowest BCUT2D eigenvalue weighted by molar-refractivity contribution is 0.0696. The van der Waals surface area contributed by atoms with Gasteiger partial charge in [-0.2, -0.15) is 0 Å². The molecule has 1 aromatic rings. The maximum Gasteiger partial charge on any atom is 0.339 e. The van der Waals surface area contributed by atoms with Crippen molar-refractivity contribution in [2.45, 2.75) is 59.0 Å². The third kappa shape index (κ3) is 2.44. The van der Waals surface area contributed by atoms with Crippen LogP contribution in [0.25, 0.3) is 0 Å². The third-order valence-electron chi connectivity index (χ3n) is 4.06. The second-order valence-electron chi connectivity index (χ2n) is 5.44. The Morgan fingerprint density at radius 3 is 2.74 bits per heavy atom. The molecule has 0 aliphatic carbocycles. The lowest BCUT2D eigenvalue weighted by Gasteiger charge is -2.32. The molecule has 0 amide bonds. The molecule has 0 bridgehead atoms. The highest BCUT2D eigenvalue weighted by Crippen LogP contribution is 2.35. The minimum Gasteiger partial charge on any atom is -0.478 e. The van der Waals surface area contributed by atoms with Crippen LogP contribution < -0.4 is 4.90 Å². The van der Waals surface area contributed by atoms with E-state index in [1.807, 2.05) is 13.0 Å². The van der Waals surface area contributed by atoms with E-state index in [-0.39, 0.29) is 0 Å². The molecule has 104 valence electrons. The summed E-state index contributed by atoms with van der Waals surface area (Å²) in [6.45, 7) is 8.04. The van der Waals surface area contributed by atoms with Crippen molar-refractivity contribution in [3.05, 3.63) is 23.0 Å². The molecule has 4 nitrogen and oxygen atoms in total. The topological polar surface area (TPSA) is 53.4 Å². The van der Waals surface area contributed by atoms with Crippen LogP contribution in [0, 0.1) is 13.8 Å². The van der Waals surface area contributed by atoms with Gasteiger partial charge in [-0.15, -0.1) is 0 Å². The first-order valence-corrected chi connectivity index (χ1v) is 6.95. The standard InChI is InChI=1S/C15H22N2O2/c1-5-12-7-6-10(3)17(12)13-8-9(2)16-11(4)14(13)15(18)19/h8,10,12H,5-7H2,1-4H3,(H,18,19). The molecule has 4 heteroatoms. The lowest BCUT2D eigenvalue weighted by Crippen LogP contribution is -2.35. The van der Waals surface area contributed by atoms with E-state index in [0.717, 1.165) is 30.6 Å². The summed E-state index contributed by atoms with van der Waals surface area (Å²) < 4.78 is 0. The summed E-state index contributed by atoms with van der Waals surface area (Å²) in [4.78, 5) is 18.1. The van der Waals surface area contributed by atoms with E-state index < -0.39 is 5.97 Å². The maximum absolute atomic E-state index is 11.5. The van der Waals surface area contributed by atoms with Crippen LogP contribution in [-0.4, -0.2) is 28.1 Å². The number of aryl methyl sites for hydroxylation is 2. The zero-order valence-corrected chi connectivity index (χ0v) is 12.1. The van der Waals surface area contributed by atoms with E-state index >= 15 is 0 Å². The molecule has 0 radical (unpaired) electrons. The summed E-state index contributed by atoms with van der Waals surface area (Å²) in [6.07, 6.45) is 3.30. The first-order chi connectivity index (χ1) is 8.95. The molecule has 2 unspecified atom stereocenters. The number of hydrogen-bond acceptors (Lipinski definition) is 3. The van der Waals surface area contributed by atoms with E-state index in [0.29, 0.717) is 23.3 Å². The van der Waals surface area contributed by atoms with Gasteiger partial charge in [0.05, 0.1) is 11.4 Å². The van der Waals surface area contributed by atoms with Gasteiger partial charge in [0.15, 0.2) is 0 Å². The molecule has 1 aromatic heterocycles. The van der Waals surface area contributed by atoms with Crippen LogP contribution in [-0.2, 0) is 0 Å². The maximum atomic E-state index is 11.5. The summed E-state index contributed by atoms with van der Waals surface area (Å²) in [5, 5.41) is 9.48. The highest BCUT2D eigenvalue weighted by molar-refractivity contribution is 5.96. The molecule has 1 aliphatic heterocycles. The van der Waals surface area contributed by atoms with E-state index in [1.165, 1.54) is 0 Å². The van der Waals surface area contributed by atoms with Gasteiger partial charge in [0, 0.05) is 17.8 Å². The fourth-order valence-corrected chi connectivity index (χ4v) is 3.18. The molecule has 1 fully saturated rings. The Morgan fingerprint density at radius 2 is 2.16 bits per heavy atom.